The summed E-state index contributed by atoms with van der Waals surface area (Å²) in [5.41, 5.74) is 9.86. The number of hydrogen-bond acceptors (Lipinski definition) is 2. The fourth-order valence-electron chi connectivity index (χ4n) is 0. The molecule has 0 radical (unpaired) electrons. The van der Waals surface area contributed by atoms with Crippen molar-refractivity contribution >= 4 is 52.8 Å². The number of nitrogens with two attached hydrogens (primary N) is 2. The summed E-state index contributed by atoms with van der Waals surface area (Å²) in [7, 11) is 0. The Labute approximate surface area is 74.8 Å². The van der Waals surface area contributed by atoms with E-state index < -0.39 is 4.46 Å². The van der Waals surface area contributed by atoms with E-state index in [1.165, 1.54) is 0 Å². The second-order valence-corrected chi connectivity index (χ2v) is 2.51. The number of alkyl halides is 2. The molecule has 0 aromatic carbocycles. The van der Waals surface area contributed by atoms with E-state index in [1.54, 1.807) is 0 Å². The zero-order valence-electron chi connectivity index (χ0n) is 3.12. The Kier molecular flexibility index (Phi) is 7.09. The molecule has 0 saturated heterocycles. The molecule has 0 aliphatic rings. The Bertz CT molecular complexity index is 43.4. The fourth-order valence-corrected chi connectivity index (χ4v) is 0. The van der Waals surface area contributed by atoms with E-state index in [-0.39, 0.29) is 36.1 Å². The van der Waals surface area contributed by atoms with Gasteiger partial charge in [-0.25, -0.2) is 0 Å². The Morgan fingerprint density at radius 1 is 1.43 bits per heavy atom. The van der Waals surface area contributed by atoms with Crippen molar-refractivity contribution in [1.82, 2.24) is 0 Å². The minimum absolute atomic E-state index is 0. The third-order valence-corrected chi connectivity index (χ3v) is 0.581. The summed E-state index contributed by atoms with van der Waals surface area (Å²) in [6, 6.07) is 0. The molecule has 7 heavy (non-hydrogen) atoms. The molecule has 5 heteroatoms. The molecule has 0 aliphatic carbocycles. The number of rotatable bonds is 1. The molecule has 0 aliphatic heterocycles. The molecule has 40 valence electrons. The van der Waals surface area contributed by atoms with E-state index in [1.807, 2.05) is 0 Å². The molecule has 4 N–H and O–H groups in total. The van der Waals surface area contributed by atoms with Gasteiger partial charge >= 0.3 is 29.6 Å². The summed E-state index contributed by atoms with van der Waals surface area (Å²) >= 11 is 10.3. The molecule has 0 aromatic rings. The van der Waals surface area contributed by atoms with Crippen LogP contribution >= 0.6 is 23.2 Å². The van der Waals surface area contributed by atoms with Crippen molar-refractivity contribution in [1.29, 1.82) is 0 Å². The average Bonchev–Trinajstić information content (AvgIpc) is 1.35. The normalized spacial score (nSPS) is 10.3. The van der Waals surface area contributed by atoms with Crippen LogP contribution in [0.4, 0.5) is 0 Å². The third-order valence-electron chi connectivity index (χ3n) is 0.272. The molecule has 0 spiro atoms. The zero-order chi connectivity index (χ0) is 5.21. The van der Waals surface area contributed by atoms with Crippen molar-refractivity contribution in [2.75, 3.05) is 6.54 Å². The van der Waals surface area contributed by atoms with Crippen LogP contribution in [0.3, 0.4) is 0 Å². The van der Waals surface area contributed by atoms with Gasteiger partial charge in [-0.3, -0.25) is 5.73 Å². The monoisotopic (exact) mass is 152 g/mol. The third kappa shape index (κ3) is 11.2. The summed E-state index contributed by atoms with van der Waals surface area (Å²) < 4.78 is -1.24. The van der Waals surface area contributed by atoms with Gasteiger partial charge in [-0.05, 0) is 0 Å². The van der Waals surface area contributed by atoms with Crippen molar-refractivity contribution in [2.45, 2.75) is 4.46 Å². The predicted molar refractivity (Wildman–Crippen MR) is 34.8 cm³/mol. The van der Waals surface area contributed by atoms with Gasteiger partial charge in [0.15, 0.2) is 4.46 Å². The Balaban J connectivity index is 0. The molecule has 0 bridgehead atoms. The van der Waals surface area contributed by atoms with Gasteiger partial charge in [0.1, 0.15) is 0 Å². The van der Waals surface area contributed by atoms with Crippen molar-refractivity contribution in [3.63, 3.8) is 0 Å². The second kappa shape index (κ2) is 4.39. The summed E-state index contributed by atoms with van der Waals surface area (Å²) in [6.45, 7) is 0.0795. The van der Waals surface area contributed by atoms with Crippen LogP contribution in [0.5, 0.6) is 0 Å². The van der Waals surface area contributed by atoms with Crippen molar-refractivity contribution in [3.8, 4) is 0 Å². The summed E-state index contributed by atoms with van der Waals surface area (Å²) in [4.78, 5) is 0. The first-order valence-electron chi connectivity index (χ1n) is 1.43. The van der Waals surface area contributed by atoms with Crippen molar-refractivity contribution in [3.05, 3.63) is 0 Å². The Morgan fingerprint density at radius 2 is 1.57 bits per heavy atom. The van der Waals surface area contributed by atoms with Gasteiger partial charge in [-0.1, -0.05) is 23.2 Å². The van der Waals surface area contributed by atoms with Crippen LogP contribution in [0.25, 0.3) is 0 Å². The second-order valence-electron chi connectivity index (χ2n) is 0.965. The van der Waals surface area contributed by atoms with Crippen LogP contribution in [0.15, 0.2) is 0 Å². The fraction of sp³-hybridized carbons (Fsp3) is 1.00. The van der Waals surface area contributed by atoms with Gasteiger partial charge < -0.3 is 5.73 Å². The summed E-state index contributed by atoms with van der Waals surface area (Å²) in [5, 5.41) is 0. The Morgan fingerprint density at radius 3 is 1.57 bits per heavy atom. The van der Waals surface area contributed by atoms with E-state index >= 15 is 0 Å². The minimum atomic E-state index is -1.24. The molecular weight excluding hydrogens is 146 g/mol. The summed E-state index contributed by atoms with van der Waals surface area (Å²) in [6.07, 6.45) is 0. The SMILES string of the molecule is NCC(N)(Cl)Cl.[NaH]. The molecule has 0 saturated carbocycles. The standard InChI is InChI=1S/C2H6Cl2N2.Na.H/c3-2(4,6)1-5;;/h1,5-6H2;;. The first kappa shape index (κ1) is 11.3. The first-order valence-corrected chi connectivity index (χ1v) is 2.18. The van der Waals surface area contributed by atoms with Crippen LogP contribution in [0, 0.1) is 0 Å². The molecule has 0 fully saturated rings. The quantitative estimate of drug-likeness (QED) is 0.300. The van der Waals surface area contributed by atoms with Crippen LogP contribution in [0.2, 0.25) is 0 Å². The van der Waals surface area contributed by atoms with Crippen LogP contribution < -0.4 is 11.5 Å². The van der Waals surface area contributed by atoms with Crippen LogP contribution in [-0.2, 0) is 0 Å². The predicted octanol–water partition coefficient (Wildman–Crippen LogP) is -0.613. The molecule has 0 heterocycles. The molecular formula is C2H7Cl2N2Na. The van der Waals surface area contributed by atoms with E-state index in [2.05, 4.69) is 0 Å². The van der Waals surface area contributed by atoms with E-state index in [0.717, 1.165) is 0 Å². The van der Waals surface area contributed by atoms with Gasteiger partial charge in [0.2, 0.25) is 0 Å². The average molecular weight is 153 g/mol. The van der Waals surface area contributed by atoms with E-state index in [4.69, 9.17) is 34.7 Å². The van der Waals surface area contributed by atoms with Crippen LogP contribution in [-0.4, -0.2) is 40.6 Å². The molecule has 2 nitrogen and oxygen atoms in total. The molecule has 0 atom stereocenters. The molecule has 0 aromatic heterocycles. The molecule has 0 unspecified atom stereocenters. The van der Waals surface area contributed by atoms with Crippen LogP contribution in [0.1, 0.15) is 0 Å². The summed E-state index contributed by atoms with van der Waals surface area (Å²) in [5.74, 6) is 0. The van der Waals surface area contributed by atoms with Crippen molar-refractivity contribution < 1.29 is 0 Å². The molecule has 0 rings (SSSR count). The maximum atomic E-state index is 5.14. The van der Waals surface area contributed by atoms with Crippen molar-refractivity contribution in [2.24, 2.45) is 11.5 Å². The van der Waals surface area contributed by atoms with E-state index in [9.17, 15) is 0 Å². The first-order chi connectivity index (χ1) is 2.56. The number of hydrogen-bond donors (Lipinski definition) is 2. The van der Waals surface area contributed by atoms with Gasteiger partial charge in [-0.2, -0.15) is 0 Å². The van der Waals surface area contributed by atoms with Gasteiger partial charge in [-0.15, -0.1) is 0 Å². The Hall–Kier alpha value is 1.50. The number of halogens is 2. The van der Waals surface area contributed by atoms with Gasteiger partial charge in [0.05, 0.1) is 0 Å². The topological polar surface area (TPSA) is 52.0 Å². The maximum absolute atomic E-state index is 5.14. The molecule has 0 amide bonds. The van der Waals surface area contributed by atoms with Gasteiger partial charge in [0, 0.05) is 6.54 Å². The van der Waals surface area contributed by atoms with E-state index in [0.29, 0.717) is 0 Å². The van der Waals surface area contributed by atoms with Gasteiger partial charge in [0.25, 0.3) is 0 Å². The zero-order valence-corrected chi connectivity index (χ0v) is 4.63.